The zero-order valence-electron chi connectivity index (χ0n) is 22.1. The van der Waals surface area contributed by atoms with Gasteiger partial charge in [0.05, 0.1) is 37.4 Å². The zero-order valence-corrected chi connectivity index (χ0v) is 25.1. The number of nitrogens with zero attached hydrogens (tertiary/aromatic N) is 3. The molecule has 4 heterocycles. The predicted octanol–water partition coefficient (Wildman–Crippen LogP) is 7.25. The van der Waals surface area contributed by atoms with Crippen molar-refractivity contribution in [3.63, 3.8) is 0 Å². The number of thiophene rings is 1. The number of piperidine rings is 1. The van der Waals surface area contributed by atoms with Gasteiger partial charge in [0.1, 0.15) is 12.1 Å². The molecule has 2 aliphatic heterocycles. The molecule has 1 saturated heterocycles. The maximum absolute atomic E-state index is 9.92. The Labute approximate surface area is 257 Å². The number of benzene rings is 2. The van der Waals surface area contributed by atoms with Crippen LogP contribution in [0.15, 0.2) is 59.9 Å². The molecule has 5 N–H and O–H groups in total. The van der Waals surface area contributed by atoms with Crippen molar-refractivity contribution < 1.29 is 0 Å². The van der Waals surface area contributed by atoms with Crippen molar-refractivity contribution in [3.05, 3.63) is 90.9 Å². The van der Waals surface area contributed by atoms with Gasteiger partial charge in [-0.1, -0.05) is 40.9 Å². The number of fused-ring (bicyclic) bond motifs is 1. The zero-order chi connectivity index (χ0) is 28.5. The number of hydrazine groups is 2. The quantitative estimate of drug-likeness (QED) is 0.146. The molecule has 41 heavy (non-hydrogen) atoms. The molecule has 6 rings (SSSR count). The van der Waals surface area contributed by atoms with Crippen LogP contribution in [0.25, 0.3) is 10.9 Å². The van der Waals surface area contributed by atoms with E-state index in [1.807, 2.05) is 48.7 Å². The summed E-state index contributed by atoms with van der Waals surface area (Å²) in [4.78, 5) is 5.46. The fourth-order valence-corrected chi connectivity index (χ4v) is 6.79. The maximum Gasteiger partial charge on any atom is 0.105 e. The average molecular weight is 626 g/mol. The van der Waals surface area contributed by atoms with Crippen LogP contribution in [0.5, 0.6) is 0 Å². The van der Waals surface area contributed by atoms with Crippen molar-refractivity contribution in [3.8, 4) is 6.07 Å². The highest BCUT2D eigenvalue weighted by Crippen LogP contribution is 2.39. The Kier molecular flexibility index (Phi) is 8.13. The molecule has 0 bridgehead atoms. The molecule has 210 valence electrons. The molecule has 2 aromatic heterocycles. The van der Waals surface area contributed by atoms with Crippen molar-refractivity contribution in [2.75, 3.05) is 23.7 Å². The van der Waals surface area contributed by atoms with Gasteiger partial charge in [-0.25, -0.2) is 0 Å². The number of hydrogen-bond acceptors (Lipinski definition) is 9. The number of hydrogen-bond donors (Lipinski definition) is 5. The molecule has 0 radical (unpaired) electrons. The van der Waals surface area contributed by atoms with E-state index in [0.29, 0.717) is 43.3 Å². The lowest BCUT2D eigenvalue weighted by Gasteiger charge is -2.30. The molecular formula is C29H27Cl3N8S. The molecule has 2 aliphatic rings. The van der Waals surface area contributed by atoms with Gasteiger partial charge in [-0.2, -0.15) is 5.26 Å². The van der Waals surface area contributed by atoms with Crippen LogP contribution in [0.2, 0.25) is 15.1 Å². The van der Waals surface area contributed by atoms with E-state index >= 15 is 0 Å². The molecule has 2 aromatic carbocycles. The molecule has 1 fully saturated rings. The first kappa shape index (κ1) is 27.9. The van der Waals surface area contributed by atoms with Crippen molar-refractivity contribution in [1.82, 2.24) is 26.3 Å². The van der Waals surface area contributed by atoms with Crippen LogP contribution in [0.3, 0.4) is 0 Å². The molecule has 0 unspecified atom stereocenters. The Morgan fingerprint density at radius 3 is 2.61 bits per heavy atom. The molecule has 0 spiro atoms. The topological polar surface area (TPSA) is 100 Å². The molecular weight excluding hydrogens is 599 g/mol. The van der Waals surface area contributed by atoms with Crippen LogP contribution in [-0.4, -0.2) is 29.1 Å². The SMILES string of the molecule is Cc1ccc(Nc2c(C#N)cnc3c(Cl)cc(N[C@H](C4=CN(C5CCNCC5)NN4)c4sccc4Cl)cc23)cc1Cl. The summed E-state index contributed by atoms with van der Waals surface area (Å²) in [5.41, 5.74) is 11.7. The number of aryl methyl sites for hydroxylation is 1. The van der Waals surface area contributed by atoms with E-state index in [0.717, 1.165) is 53.4 Å². The van der Waals surface area contributed by atoms with Crippen molar-refractivity contribution in [2.45, 2.75) is 31.8 Å². The summed E-state index contributed by atoms with van der Waals surface area (Å²) in [7, 11) is 0. The minimum absolute atomic E-state index is 0.283. The molecule has 0 saturated carbocycles. The van der Waals surface area contributed by atoms with Gasteiger partial charge in [0.25, 0.3) is 0 Å². The van der Waals surface area contributed by atoms with Gasteiger partial charge in [0.15, 0.2) is 0 Å². The summed E-state index contributed by atoms with van der Waals surface area (Å²) in [6.07, 6.45) is 5.73. The standard InChI is InChI=1S/C29H27Cl3N8S/c1-16-2-3-18(11-23(16)31)36-26-17(13-33)14-35-27-21(26)10-19(12-24(27)32)37-28(29-22(30)6-9-41-29)25-15-40(39-38-25)20-4-7-34-8-5-20/h2-3,6,9-12,14-15,20,28,34,37-39H,4-5,7-8H2,1H3,(H,35,36)/t28-/m1/s1. The molecule has 1 atom stereocenters. The lowest BCUT2D eigenvalue weighted by molar-refractivity contribution is 0.162. The second-order valence-electron chi connectivity index (χ2n) is 10.0. The first-order valence-corrected chi connectivity index (χ1v) is 15.2. The highest BCUT2D eigenvalue weighted by atomic mass is 35.5. The van der Waals surface area contributed by atoms with Gasteiger partial charge in [-0.3, -0.25) is 9.99 Å². The molecule has 12 heteroatoms. The molecule has 0 amide bonds. The van der Waals surface area contributed by atoms with E-state index in [-0.39, 0.29) is 6.04 Å². The third kappa shape index (κ3) is 5.77. The normalized spacial score (nSPS) is 16.3. The van der Waals surface area contributed by atoms with Crippen LogP contribution in [0.1, 0.15) is 34.9 Å². The minimum atomic E-state index is -0.283. The van der Waals surface area contributed by atoms with Crippen LogP contribution in [0, 0.1) is 18.3 Å². The lowest BCUT2D eigenvalue weighted by atomic mass is 10.1. The number of rotatable bonds is 7. The van der Waals surface area contributed by atoms with E-state index in [1.54, 1.807) is 11.3 Å². The van der Waals surface area contributed by atoms with Gasteiger partial charge < -0.3 is 21.4 Å². The summed E-state index contributed by atoms with van der Waals surface area (Å²) in [5, 5.41) is 26.9. The van der Waals surface area contributed by atoms with Gasteiger partial charge in [-0.05, 0) is 74.1 Å². The number of nitriles is 1. The average Bonchev–Trinajstić information content (AvgIpc) is 3.64. The van der Waals surface area contributed by atoms with Crippen molar-refractivity contribution in [2.24, 2.45) is 0 Å². The van der Waals surface area contributed by atoms with E-state index in [1.165, 1.54) is 6.20 Å². The lowest BCUT2D eigenvalue weighted by Crippen LogP contribution is -2.47. The van der Waals surface area contributed by atoms with E-state index in [2.05, 4.69) is 49.2 Å². The summed E-state index contributed by atoms with van der Waals surface area (Å²) in [6, 6.07) is 13.7. The van der Waals surface area contributed by atoms with Crippen LogP contribution >= 0.6 is 46.1 Å². The highest BCUT2D eigenvalue weighted by molar-refractivity contribution is 7.10. The van der Waals surface area contributed by atoms with Gasteiger partial charge in [-0.15, -0.1) is 16.9 Å². The number of halogens is 3. The Morgan fingerprint density at radius 2 is 1.88 bits per heavy atom. The smallest absolute Gasteiger partial charge is 0.105 e. The van der Waals surface area contributed by atoms with Crippen LogP contribution in [0.4, 0.5) is 17.1 Å². The number of nitrogens with one attached hydrogen (secondary N) is 5. The van der Waals surface area contributed by atoms with Gasteiger partial charge >= 0.3 is 0 Å². The second-order valence-corrected chi connectivity index (χ2v) is 12.2. The second kappa shape index (κ2) is 11.9. The van der Waals surface area contributed by atoms with Gasteiger partial charge in [0.2, 0.25) is 0 Å². The maximum atomic E-state index is 9.92. The third-order valence-electron chi connectivity index (χ3n) is 7.32. The summed E-state index contributed by atoms with van der Waals surface area (Å²) in [6.45, 7) is 3.92. The number of anilines is 3. The monoisotopic (exact) mass is 624 g/mol. The van der Waals surface area contributed by atoms with E-state index in [9.17, 15) is 5.26 Å². The van der Waals surface area contributed by atoms with Crippen molar-refractivity contribution in [1.29, 1.82) is 5.26 Å². The van der Waals surface area contributed by atoms with Crippen LogP contribution < -0.4 is 26.9 Å². The fourth-order valence-electron chi connectivity index (χ4n) is 5.11. The molecule has 0 aliphatic carbocycles. The Hall–Kier alpha value is -3.23. The summed E-state index contributed by atoms with van der Waals surface area (Å²) in [5.74, 6) is 0. The third-order valence-corrected chi connectivity index (χ3v) is 9.44. The predicted molar refractivity (Wildman–Crippen MR) is 169 cm³/mol. The van der Waals surface area contributed by atoms with Gasteiger partial charge in [0, 0.05) is 40.2 Å². The largest absolute Gasteiger partial charge is 0.372 e. The molecule has 4 aromatic rings. The minimum Gasteiger partial charge on any atom is -0.372 e. The summed E-state index contributed by atoms with van der Waals surface area (Å²) < 4.78 is 0. The van der Waals surface area contributed by atoms with E-state index in [4.69, 9.17) is 34.8 Å². The summed E-state index contributed by atoms with van der Waals surface area (Å²) >= 11 is 21.4. The Balaban J connectivity index is 1.39. The Morgan fingerprint density at radius 1 is 1.07 bits per heavy atom. The fraction of sp³-hybridized carbons (Fsp3) is 0.241. The van der Waals surface area contributed by atoms with Crippen LogP contribution in [-0.2, 0) is 0 Å². The number of aromatic nitrogens is 1. The molecule has 8 nitrogen and oxygen atoms in total. The first-order valence-electron chi connectivity index (χ1n) is 13.2. The first-order chi connectivity index (χ1) is 19.9. The van der Waals surface area contributed by atoms with E-state index < -0.39 is 0 Å². The highest BCUT2D eigenvalue weighted by Gasteiger charge is 2.29. The van der Waals surface area contributed by atoms with Crippen molar-refractivity contribution >= 4 is 74.1 Å². The number of pyridine rings is 1. The Bertz CT molecular complexity index is 1670.